The molecule has 10 rings (SSSR count). The van der Waals surface area contributed by atoms with E-state index in [0.29, 0.717) is 0 Å². The van der Waals surface area contributed by atoms with Crippen molar-refractivity contribution in [2.45, 2.75) is 0 Å². The average molecular weight is 741 g/mol. The second-order valence-electron chi connectivity index (χ2n) is 14.5. The predicted molar refractivity (Wildman–Crippen MR) is 245 cm³/mol. The van der Waals surface area contributed by atoms with Crippen molar-refractivity contribution in [2.75, 3.05) is 4.90 Å². The molecule has 58 heavy (non-hydrogen) atoms. The molecule has 0 amide bonds. The molecule has 0 unspecified atom stereocenters. The van der Waals surface area contributed by atoms with Crippen LogP contribution < -0.4 is 4.90 Å². The number of aromatic nitrogens is 1. The van der Waals surface area contributed by atoms with Gasteiger partial charge in [0.1, 0.15) is 0 Å². The fourth-order valence-corrected chi connectivity index (χ4v) is 8.33. The molecule has 0 bridgehead atoms. The molecule has 0 saturated heterocycles. The Bertz CT molecular complexity index is 2940. The molecular formula is C56H40N2. The van der Waals surface area contributed by atoms with Crippen LogP contribution >= 0.6 is 0 Å². The lowest BCUT2D eigenvalue weighted by atomic mass is 9.85. The zero-order chi connectivity index (χ0) is 38.7. The van der Waals surface area contributed by atoms with Gasteiger partial charge in [-0.25, -0.2) is 0 Å². The van der Waals surface area contributed by atoms with E-state index in [1.807, 2.05) is 0 Å². The van der Waals surface area contributed by atoms with Gasteiger partial charge >= 0.3 is 0 Å². The van der Waals surface area contributed by atoms with Crippen molar-refractivity contribution in [3.63, 3.8) is 0 Å². The van der Waals surface area contributed by atoms with Gasteiger partial charge in [0.2, 0.25) is 0 Å². The summed E-state index contributed by atoms with van der Waals surface area (Å²) in [6.07, 6.45) is 0. The van der Waals surface area contributed by atoms with Crippen LogP contribution in [-0.4, -0.2) is 4.57 Å². The molecule has 2 nitrogen and oxygen atoms in total. The van der Waals surface area contributed by atoms with E-state index in [2.05, 4.69) is 252 Å². The summed E-state index contributed by atoms with van der Waals surface area (Å²) in [4.78, 5) is 2.35. The van der Waals surface area contributed by atoms with Gasteiger partial charge in [0.15, 0.2) is 0 Å². The normalized spacial score (nSPS) is 11.1. The van der Waals surface area contributed by atoms with Crippen LogP contribution in [-0.2, 0) is 0 Å². The van der Waals surface area contributed by atoms with Crippen molar-refractivity contribution in [1.29, 1.82) is 0 Å². The maximum Gasteiger partial charge on any atom is 0.0561 e. The van der Waals surface area contributed by atoms with Crippen LogP contribution in [0.15, 0.2) is 243 Å². The van der Waals surface area contributed by atoms with Gasteiger partial charge in [-0.1, -0.05) is 188 Å². The number of fused-ring (bicyclic) bond motifs is 3. The van der Waals surface area contributed by atoms with E-state index < -0.39 is 0 Å². The van der Waals surface area contributed by atoms with E-state index in [1.165, 1.54) is 66.3 Å². The van der Waals surface area contributed by atoms with E-state index in [9.17, 15) is 0 Å². The highest BCUT2D eigenvalue weighted by molar-refractivity contribution is 6.10. The Morgan fingerprint density at radius 1 is 0.293 bits per heavy atom. The van der Waals surface area contributed by atoms with Crippen LogP contribution in [0, 0.1) is 0 Å². The fraction of sp³-hybridized carbons (Fsp3) is 0. The zero-order valence-corrected chi connectivity index (χ0v) is 32.0. The summed E-state index contributed by atoms with van der Waals surface area (Å²) in [6, 6.07) is 87.1. The summed E-state index contributed by atoms with van der Waals surface area (Å²) < 4.78 is 2.38. The van der Waals surface area contributed by atoms with Crippen LogP contribution in [0.3, 0.4) is 0 Å². The number of anilines is 3. The Kier molecular flexibility index (Phi) is 9.27. The molecule has 274 valence electrons. The van der Waals surface area contributed by atoms with E-state index in [-0.39, 0.29) is 0 Å². The topological polar surface area (TPSA) is 8.17 Å². The SMILES string of the molecule is c1ccc(C(=C(c2ccccc2)c2ccc(-c3ccc(N(c4ccccc4)c4ccc5c6ccccc6n(-c6ccccc6)c5c4)cc3)cc2)c2ccccc2)cc1. The highest BCUT2D eigenvalue weighted by Crippen LogP contribution is 2.41. The van der Waals surface area contributed by atoms with Crippen molar-refractivity contribution in [2.24, 2.45) is 0 Å². The summed E-state index contributed by atoms with van der Waals surface area (Å²) in [5, 5.41) is 2.48. The number of nitrogens with zero attached hydrogens (tertiary/aromatic N) is 2. The molecule has 0 saturated carbocycles. The second-order valence-corrected chi connectivity index (χ2v) is 14.5. The highest BCUT2D eigenvalue weighted by Gasteiger charge is 2.19. The minimum Gasteiger partial charge on any atom is -0.310 e. The monoisotopic (exact) mass is 740 g/mol. The van der Waals surface area contributed by atoms with Gasteiger partial charge in [0.25, 0.3) is 0 Å². The third-order valence-electron chi connectivity index (χ3n) is 11.0. The third-order valence-corrected chi connectivity index (χ3v) is 11.0. The Labute approximate surface area is 339 Å². The lowest BCUT2D eigenvalue weighted by Crippen LogP contribution is -2.10. The molecule has 0 aliphatic heterocycles. The molecule has 0 spiro atoms. The number of hydrogen-bond donors (Lipinski definition) is 0. The van der Waals surface area contributed by atoms with Crippen LogP contribution in [0.25, 0.3) is 49.8 Å². The zero-order valence-electron chi connectivity index (χ0n) is 32.0. The van der Waals surface area contributed by atoms with Gasteiger partial charge in [-0.3, -0.25) is 0 Å². The lowest BCUT2D eigenvalue weighted by molar-refractivity contribution is 1.18. The molecule has 0 atom stereocenters. The standard InChI is InChI=1S/C56H40N2/c1-6-18-43(19-7-1)55(44-20-8-2-9-21-44)56(45-22-10-3-11-23-45)46-32-30-41(31-33-46)42-34-36-49(37-35-42)57(47-24-12-4-13-25-47)50-38-39-52-51-28-16-17-29-53(51)58(54(52)40-50)48-26-14-5-15-27-48/h1-40H. The first-order valence-corrected chi connectivity index (χ1v) is 19.9. The van der Waals surface area contributed by atoms with E-state index in [4.69, 9.17) is 0 Å². The molecule has 9 aromatic carbocycles. The molecule has 2 heteroatoms. The molecule has 0 N–H and O–H groups in total. The van der Waals surface area contributed by atoms with Gasteiger partial charge < -0.3 is 9.47 Å². The van der Waals surface area contributed by atoms with Gasteiger partial charge in [-0.2, -0.15) is 0 Å². The smallest absolute Gasteiger partial charge is 0.0561 e. The maximum absolute atomic E-state index is 2.38. The maximum atomic E-state index is 2.38. The van der Waals surface area contributed by atoms with Crippen LogP contribution in [0.1, 0.15) is 22.3 Å². The largest absolute Gasteiger partial charge is 0.310 e. The van der Waals surface area contributed by atoms with Crippen molar-refractivity contribution in [3.8, 4) is 16.8 Å². The van der Waals surface area contributed by atoms with Crippen LogP contribution in [0.2, 0.25) is 0 Å². The minimum absolute atomic E-state index is 1.10. The van der Waals surface area contributed by atoms with Crippen LogP contribution in [0.4, 0.5) is 17.1 Å². The van der Waals surface area contributed by atoms with Gasteiger partial charge in [-0.05, 0) is 99.1 Å². The summed E-state index contributed by atoms with van der Waals surface area (Å²) in [5.41, 5.74) is 16.3. The molecule has 1 aromatic heterocycles. The predicted octanol–water partition coefficient (Wildman–Crippen LogP) is 14.9. The Hall–Kier alpha value is -7.68. The molecule has 0 radical (unpaired) electrons. The summed E-state index contributed by atoms with van der Waals surface area (Å²) in [5.74, 6) is 0. The average Bonchev–Trinajstić information content (AvgIpc) is 3.64. The van der Waals surface area contributed by atoms with E-state index in [1.54, 1.807) is 0 Å². The molecule has 10 aromatic rings. The molecule has 0 aliphatic carbocycles. The van der Waals surface area contributed by atoms with Crippen molar-refractivity contribution in [3.05, 3.63) is 265 Å². The van der Waals surface area contributed by atoms with E-state index >= 15 is 0 Å². The summed E-state index contributed by atoms with van der Waals surface area (Å²) >= 11 is 0. The number of para-hydroxylation sites is 3. The summed E-state index contributed by atoms with van der Waals surface area (Å²) in [7, 11) is 0. The first-order valence-electron chi connectivity index (χ1n) is 19.9. The molecule has 0 aliphatic rings. The second kappa shape index (κ2) is 15.5. The van der Waals surface area contributed by atoms with Gasteiger partial charge in [0.05, 0.1) is 11.0 Å². The summed E-state index contributed by atoms with van der Waals surface area (Å²) in [6.45, 7) is 0. The Balaban J connectivity index is 1.05. The molecule has 1 heterocycles. The van der Waals surface area contributed by atoms with Crippen molar-refractivity contribution >= 4 is 50.0 Å². The number of hydrogen-bond acceptors (Lipinski definition) is 1. The molecular weight excluding hydrogens is 701 g/mol. The quantitative estimate of drug-likeness (QED) is 0.134. The van der Waals surface area contributed by atoms with Gasteiger partial charge in [0, 0.05) is 33.5 Å². The lowest BCUT2D eigenvalue weighted by Gasteiger charge is -2.26. The number of benzene rings is 9. The first kappa shape index (κ1) is 34.8. The number of rotatable bonds is 9. The third kappa shape index (κ3) is 6.57. The highest BCUT2D eigenvalue weighted by atomic mass is 15.1. The van der Waals surface area contributed by atoms with Crippen molar-refractivity contribution < 1.29 is 0 Å². The fourth-order valence-electron chi connectivity index (χ4n) is 8.33. The Morgan fingerprint density at radius 2 is 0.690 bits per heavy atom. The first-order chi connectivity index (χ1) is 28.8. The molecule has 0 fully saturated rings. The van der Waals surface area contributed by atoms with E-state index in [0.717, 1.165) is 22.7 Å². The van der Waals surface area contributed by atoms with Crippen molar-refractivity contribution in [1.82, 2.24) is 4.57 Å². The minimum atomic E-state index is 1.10. The van der Waals surface area contributed by atoms with Gasteiger partial charge in [-0.15, -0.1) is 0 Å². The van der Waals surface area contributed by atoms with Crippen LogP contribution in [0.5, 0.6) is 0 Å². The Morgan fingerprint density at radius 3 is 1.24 bits per heavy atom.